The summed E-state index contributed by atoms with van der Waals surface area (Å²) in [7, 11) is 0. The van der Waals surface area contributed by atoms with Gasteiger partial charge in [-0.1, -0.05) is 23.7 Å². The van der Waals surface area contributed by atoms with Crippen LogP contribution in [0, 0.1) is 10.1 Å². The zero-order chi connectivity index (χ0) is 16.3. The second-order valence-electron chi connectivity index (χ2n) is 4.40. The molecule has 0 fully saturated rings. The average molecular weight is 322 g/mol. The summed E-state index contributed by atoms with van der Waals surface area (Å²) in [5.74, 6) is -1.40. The summed E-state index contributed by atoms with van der Waals surface area (Å²) < 4.78 is 0. The Morgan fingerprint density at radius 2 is 2.09 bits per heavy atom. The maximum Gasteiger partial charge on any atom is 0.311 e. The lowest BCUT2D eigenvalue weighted by molar-refractivity contribution is -0.385. The predicted octanol–water partition coefficient (Wildman–Crippen LogP) is 2.66. The first-order valence-electron chi connectivity index (χ1n) is 6.20. The Kier molecular flexibility index (Phi) is 4.59. The number of para-hydroxylation sites is 1. The van der Waals surface area contributed by atoms with Crippen molar-refractivity contribution in [3.63, 3.8) is 0 Å². The van der Waals surface area contributed by atoms with Gasteiger partial charge in [0.05, 0.1) is 21.2 Å². The summed E-state index contributed by atoms with van der Waals surface area (Å²) in [6.07, 6.45) is 0. The van der Waals surface area contributed by atoms with Gasteiger partial charge in [0.25, 0.3) is 5.91 Å². The number of benzene rings is 2. The maximum absolute atomic E-state index is 12.1. The third-order valence-corrected chi connectivity index (χ3v) is 3.29. The molecule has 0 saturated carbocycles. The van der Waals surface area contributed by atoms with E-state index in [-0.39, 0.29) is 10.6 Å². The van der Waals surface area contributed by atoms with Gasteiger partial charge in [-0.3, -0.25) is 14.9 Å². The lowest BCUT2D eigenvalue weighted by Gasteiger charge is -2.09. The van der Waals surface area contributed by atoms with Crippen LogP contribution in [0.5, 0.6) is 5.75 Å². The smallest absolute Gasteiger partial charge is 0.311 e. The van der Waals surface area contributed by atoms with Gasteiger partial charge in [0.2, 0.25) is 5.75 Å². The normalized spacial score (nSPS) is 10.3. The number of carbonyl (C=O) groups is 1. The highest BCUT2D eigenvalue weighted by Crippen LogP contribution is 2.30. The fraction of sp³-hybridized carbons (Fsp3) is 0.0714. The van der Waals surface area contributed by atoms with Gasteiger partial charge in [-0.15, -0.1) is 0 Å². The van der Waals surface area contributed by atoms with Crippen molar-refractivity contribution in [2.24, 2.45) is 5.73 Å². The monoisotopic (exact) mass is 321 g/mol. The van der Waals surface area contributed by atoms with Gasteiger partial charge < -0.3 is 16.2 Å². The quantitative estimate of drug-likeness (QED) is 0.591. The van der Waals surface area contributed by atoms with Crippen molar-refractivity contribution < 1.29 is 14.8 Å². The van der Waals surface area contributed by atoms with E-state index in [4.69, 9.17) is 17.3 Å². The highest BCUT2D eigenvalue weighted by atomic mass is 35.5. The molecule has 2 rings (SSSR count). The molecule has 2 aromatic carbocycles. The molecule has 4 N–H and O–H groups in total. The van der Waals surface area contributed by atoms with Gasteiger partial charge in [-0.2, -0.15) is 0 Å². The van der Waals surface area contributed by atoms with Crippen molar-refractivity contribution in [3.05, 3.63) is 62.7 Å². The second kappa shape index (κ2) is 6.42. The number of hydrogen-bond acceptors (Lipinski definition) is 5. The van der Waals surface area contributed by atoms with E-state index < -0.39 is 22.3 Å². The number of nitrogens with two attached hydrogens (primary N) is 1. The molecule has 0 spiro atoms. The Balaban J connectivity index is 2.30. The Hall–Kier alpha value is -2.64. The van der Waals surface area contributed by atoms with Crippen molar-refractivity contribution in [2.45, 2.75) is 6.54 Å². The molecule has 22 heavy (non-hydrogen) atoms. The molecule has 0 aliphatic heterocycles. The van der Waals surface area contributed by atoms with E-state index in [9.17, 15) is 20.0 Å². The number of aromatic hydroxyl groups is 1. The number of halogens is 1. The lowest BCUT2D eigenvalue weighted by atomic mass is 10.1. The molecule has 0 radical (unpaired) electrons. The zero-order valence-electron chi connectivity index (χ0n) is 11.2. The number of carbonyl (C=O) groups excluding carboxylic acids is 1. The van der Waals surface area contributed by atoms with E-state index in [2.05, 4.69) is 5.32 Å². The molecule has 0 atom stereocenters. The molecule has 0 unspecified atom stereocenters. The Bertz CT molecular complexity index is 749. The first-order chi connectivity index (χ1) is 10.4. The summed E-state index contributed by atoms with van der Waals surface area (Å²) in [6.45, 7) is 0.305. The highest BCUT2D eigenvalue weighted by Gasteiger charge is 2.21. The number of nitro benzene ring substituents is 1. The van der Waals surface area contributed by atoms with Crippen LogP contribution < -0.4 is 11.1 Å². The van der Waals surface area contributed by atoms with E-state index in [1.807, 2.05) is 0 Å². The molecule has 0 bridgehead atoms. The minimum atomic E-state index is -0.769. The third-order valence-electron chi connectivity index (χ3n) is 2.97. The van der Waals surface area contributed by atoms with Crippen molar-refractivity contribution >= 4 is 28.9 Å². The first-order valence-corrected chi connectivity index (χ1v) is 6.58. The number of nitro groups is 1. The lowest BCUT2D eigenvalue weighted by Crippen LogP contribution is -2.13. The van der Waals surface area contributed by atoms with E-state index in [0.29, 0.717) is 12.2 Å². The molecule has 114 valence electrons. The summed E-state index contributed by atoms with van der Waals surface area (Å²) in [5, 5.41) is 23.3. The van der Waals surface area contributed by atoms with Crippen molar-refractivity contribution in [3.8, 4) is 5.75 Å². The van der Waals surface area contributed by atoms with Gasteiger partial charge >= 0.3 is 5.69 Å². The number of amides is 1. The van der Waals surface area contributed by atoms with Crippen LogP contribution >= 0.6 is 11.6 Å². The van der Waals surface area contributed by atoms with Gasteiger partial charge in [0, 0.05) is 12.6 Å². The zero-order valence-corrected chi connectivity index (χ0v) is 12.0. The van der Waals surface area contributed by atoms with Crippen LogP contribution in [-0.2, 0) is 6.54 Å². The number of nitrogens with one attached hydrogen (secondary N) is 1. The van der Waals surface area contributed by atoms with E-state index in [1.165, 1.54) is 12.1 Å². The largest absolute Gasteiger partial charge is 0.502 e. The molecular weight excluding hydrogens is 310 g/mol. The molecule has 1 amide bonds. The van der Waals surface area contributed by atoms with Crippen LogP contribution in [-0.4, -0.2) is 15.9 Å². The first kappa shape index (κ1) is 15.7. The van der Waals surface area contributed by atoms with Crippen molar-refractivity contribution in [2.75, 3.05) is 5.32 Å². The number of phenolic OH excluding ortho intramolecular Hbond substituents is 1. The molecule has 0 aliphatic rings. The summed E-state index contributed by atoms with van der Waals surface area (Å²) >= 11 is 6.02. The number of nitrogens with zero attached hydrogens (tertiary/aromatic N) is 1. The van der Waals surface area contributed by atoms with E-state index in [1.54, 1.807) is 18.2 Å². The van der Waals surface area contributed by atoms with Crippen LogP contribution in [0.1, 0.15) is 15.9 Å². The van der Waals surface area contributed by atoms with Crippen molar-refractivity contribution in [1.29, 1.82) is 0 Å². The Morgan fingerprint density at radius 1 is 1.36 bits per heavy atom. The van der Waals surface area contributed by atoms with E-state index >= 15 is 0 Å². The summed E-state index contributed by atoms with van der Waals surface area (Å²) in [4.78, 5) is 22.1. The van der Waals surface area contributed by atoms with Gasteiger partial charge in [-0.25, -0.2) is 0 Å². The average Bonchev–Trinajstić information content (AvgIpc) is 2.49. The van der Waals surface area contributed by atoms with Crippen LogP contribution in [0.2, 0.25) is 5.02 Å². The van der Waals surface area contributed by atoms with Gasteiger partial charge in [0.1, 0.15) is 0 Å². The summed E-state index contributed by atoms with van der Waals surface area (Å²) in [6, 6.07) is 8.55. The molecule has 0 saturated heterocycles. The molecule has 8 heteroatoms. The number of rotatable bonds is 4. The SMILES string of the molecule is NCc1ccc(NC(=O)c2cccc([N+](=O)[O-])c2O)c(Cl)c1. The van der Waals surface area contributed by atoms with Gasteiger partial charge in [-0.05, 0) is 23.8 Å². The number of anilines is 1. The number of hydrogen-bond donors (Lipinski definition) is 3. The topological polar surface area (TPSA) is 118 Å². The maximum atomic E-state index is 12.1. The number of phenols is 1. The van der Waals surface area contributed by atoms with Crippen molar-refractivity contribution in [1.82, 2.24) is 0 Å². The fourth-order valence-corrected chi connectivity index (χ4v) is 2.09. The Morgan fingerprint density at radius 3 is 2.68 bits per heavy atom. The predicted molar refractivity (Wildman–Crippen MR) is 82.1 cm³/mol. The molecule has 0 aromatic heterocycles. The third kappa shape index (κ3) is 3.16. The standard InChI is InChI=1S/C14H12ClN3O4/c15-10-6-8(7-16)4-5-11(10)17-14(20)9-2-1-3-12(13(9)19)18(21)22/h1-6,19H,7,16H2,(H,17,20). The van der Waals surface area contributed by atoms with Gasteiger partial charge in [0.15, 0.2) is 0 Å². The molecule has 0 heterocycles. The van der Waals surface area contributed by atoms with Crippen LogP contribution in [0.15, 0.2) is 36.4 Å². The van der Waals surface area contributed by atoms with Crippen LogP contribution in [0.25, 0.3) is 0 Å². The van der Waals surface area contributed by atoms with E-state index in [0.717, 1.165) is 11.6 Å². The summed E-state index contributed by atoms with van der Waals surface area (Å²) in [5.41, 5.74) is 5.83. The molecule has 7 nitrogen and oxygen atoms in total. The Labute approximate surface area is 130 Å². The molecule has 0 aliphatic carbocycles. The highest BCUT2D eigenvalue weighted by molar-refractivity contribution is 6.34. The fourth-order valence-electron chi connectivity index (χ4n) is 1.84. The van der Waals surface area contributed by atoms with Crippen LogP contribution in [0.4, 0.5) is 11.4 Å². The minimum Gasteiger partial charge on any atom is -0.502 e. The minimum absolute atomic E-state index is 0.215. The molecular formula is C14H12ClN3O4. The molecule has 2 aromatic rings. The van der Waals surface area contributed by atoms with Crippen LogP contribution in [0.3, 0.4) is 0 Å². The second-order valence-corrected chi connectivity index (χ2v) is 4.81.